The molecule has 1 aromatic heterocycles. The summed E-state index contributed by atoms with van der Waals surface area (Å²) in [4.78, 5) is 11.7. The van der Waals surface area contributed by atoms with Crippen molar-refractivity contribution in [1.29, 1.82) is 0 Å². The highest BCUT2D eigenvalue weighted by Gasteiger charge is 2.06. The van der Waals surface area contributed by atoms with E-state index in [4.69, 9.17) is 10.2 Å². The van der Waals surface area contributed by atoms with Gasteiger partial charge in [-0.2, -0.15) is 0 Å². The van der Waals surface area contributed by atoms with Gasteiger partial charge < -0.3 is 15.5 Å². The molecule has 0 unspecified atom stereocenters. The molecule has 112 valence electrons. The predicted molar refractivity (Wildman–Crippen MR) is 78.4 cm³/mol. The molecule has 1 aromatic carbocycles. The van der Waals surface area contributed by atoms with Crippen LogP contribution >= 0.6 is 11.8 Å². The number of anilines is 2. The van der Waals surface area contributed by atoms with Gasteiger partial charge >= 0.3 is 0 Å². The normalized spacial score (nSPS) is 10.6. The molecule has 0 saturated carbocycles. The van der Waals surface area contributed by atoms with Crippen molar-refractivity contribution in [2.75, 3.05) is 16.8 Å². The Morgan fingerprint density at radius 1 is 1.48 bits per heavy atom. The summed E-state index contributed by atoms with van der Waals surface area (Å²) in [6.45, 7) is 1.72. The van der Waals surface area contributed by atoms with E-state index in [-0.39, 0.29) is 11.6 Å². The van der Waals surface area contributed by atoms with E-state index in [0.717, 1.165) is 0 Å². The highest BCUT2D eigenvalue weighted by molar-refractivity contribution is 7.99. The second-order valence-electron chi connectivity index (χ2n) is 4.32. The van der Waals surface area contributed by atoms with Gasteiger partial charge in [0.05, 0.1) is 5.69 Å². The molecule has 0 atom stereocenters. The number of nitrogens with one attached hydrogen (secondary N) is 1. The van der Waals surface area contributed by atoms with Crippen molar-refractivity contribution < 1.29 is 13.6 Å². The van der Waals surface area contributed by atoms with Crippen LogP contribution in [0.4, 0.5) is 15.8 Å². The van der Waals surface area contributed by atoms with Crippen LogP contribution in [0.3, 0.4) is 0 Å². The lowest BCUT2D eigenvalue weighted by Gasteiger charge is -2.06. The Morgan fingerprint density at radius 2 is 2.29 bits per heavy atom. The number of thioether (sulfide) groups is 1. The lowest BCUT2D eigenvalue weighted by atomic mass is 10.2. The fourth-order valence-corrected chi connectivity index (χ4v) is 2.32. The summed E-state index contributed by atoms with van der Waals surface area (Å²) in [5.74, 6) is 0.562. The van der Waals surface area contributed by atoms with E-state index >= 15 is 0 Å². The van der Waals surface area contributed by atoms with E-state index < -0.39 is 5.82 Å². The number of nitrogen functional groups attached to an aromatic ring is 1. The summed E-state index contributed by atoms with van der Waals surface area (Å²) in [7, 11) is 0. The average Bonchev–Trinajstić information content (AvgIpc) is 2.85. The van der Waals surface area contributed by atoms with Crippen LogP contribution in [-0.2, 0) is 4.79 Å². The largest absolute Gasteiger partial charge is 0.416 e. The van der Waals surface area contributed by atoms with Crippen molar-refractivity contribution in [3.8, 4) is 0 Å². The SMILES string of the molecule is Cc1nnc(SCCCC(=O)Nc2ccc(F)c(N)c2)o1. The zero-order valence-electron chi connectivity index (χ0n) is 11.4. The van der Waals surface area contributed by atoms with Gasteiger partial charge in [-0.05, 0) is 24.6 Å². The van der Waals surface area contributed by atoms with Crippen LogP contribution in [0.15, 0.2) is 27.8 Å². The van der Waals surface area contributed by atoms with Gasteiger partial charge in [0.15, 0.2) is 0 Å². The molecule has 1 heterocycles. The van der Waals surface area contributed by atoms with E-state index in [2.05, 4.69) is 15.5 Å². The molecule has 3 N–H and O–H groups in total. The zero-order valence-corrected chi connectivity index (χ0v) is 12.2. The molecular weight excluding hydrogens is 295 g/mol. The highest BCUT2D eigenvalue weighted by atomic mass is 32.2. The predicted octanol–water partition coefficient (Wildman–Crippen LogP) is 2.61. The minimum absolute atomic E-state index is 0.00937. The van der Waals surface area contributed by atoms with Gasteiger partial charge in [-0.15, -0.1) is 10.2 Å². The Morgan fingerprint density at radius 3 is 2.95 bits per heavy atom. The molecule has 0 bridgehead atoms. The summed E-state index contributed by atoms with van der Waals surface area (Å²) in [6.07, 6.45) is 1.01. The number of carbonyl (C=O) groups is 1. The third kappa shape index (κ3) is 4.75. The van der Waals surface area contributed by atoms with Crippen LogP contribution in [0.5, 0.6) is 0 Å². The Labute approximate surface area is 125 Å². The van der Waals surface area contributed by atoms with Gasteiger partial charge in [0.1, 0.15) is 5.82 Å². The molecule has 0 aliphatic carbocycles. The van der Waals surface area contributed by atoms with Gasteiger partial charge in [-0.1, -0.05) is 11.8 Å². The number of nitrogens with two attached hydrogens (primary N) is 1. The first-order valence-corrected chi connectivity index (χ1v) is 7.31. The maximum absolute atomic E-state index is 13.0. The lowest BCUT2D eigenvalue weighted by molar-refractivity contribution is -0.116. The zero-order chi connectivity index (χ0) is 15.2. The highest BCUT2D eigenvalue weighted by Crippen LogP contribution is 2.18. The Hall–Kier alpha value is -2.09. The standard InChI is InChI=1S/C13H15FN4O2S/c1-8-17-18-13(20-8)21-6-2-3-12(19)16-9-4-5-10(14)11(15)7-9/h4-5,7H,2-3,6,15H2,1H3,(H,16,19). The molecule has 0 aliphatic heterocycles. The van der Waals surface area contributed by atoms with Gasteiger partial charge in [-0.3, -0.25) is 4.79 Å². The fourth-order valence-electron chi connectivity index (χ4n) is 1.57. The van der Waals surface area contributed by atoms with Crippen LogP contribution in [-0.4, -0.2) is 21.9 Å². The molecule has 6 nitrogen and oxygen atoms in total. The average molecular weight is 310 g/mol. The van der Waals surface area contributed by atoms with E-state index in [9.17, 15) is 9.18 Å². The van der Waals surface area contributed by atoms with E-state index in [1.165, 1.54) is 30.0 Å². The van der Waals surface area contributed by atoms with Gasteiger partial charge in [0.2, 0.25) is 11.8 Å². The van der Waals surface area contributed by atoms with Crippen LogP contribution in [0.25, 0.3) is 0 Å². The van der Waals surface area contributed by atoms with Crippen LogP contribution in [0.1, 0.15) is 18.7 Å². The number of rotatable bonds is 6. The van der Waals surface area contributed by atoms with Crippen molar-refractivity contribution in [2.24, 2.45) is 0 Å². The third-order valence-electron chi connectivity index (χ3n) is 2.56. The number of aryl methyl sites for hydroxylation is 1. The van der Waals surface area contributed by atoms with E-state index in [0.29, 0.717) is 35.4 Å². The quantitative estimate of drug-likeness (QED) is 0.484. The maximum Gasteiger partial charge on any atom is 0.276 e. The molecule has 0 saturated heterocycles. The Balaban J connectivity index is 1.71. The number of carbonyl (C=O) groups excluding carboxylic acids is 1. The topological polar surface area (TPSA) is 94.0 Å². The summed E-state index contributed by atoms with van der Waals surface area (Å²) in [6, 6.07) is 4.08. The Bertz CT molecular complexity index is 632. The molecule has 0 spiro atoms. The molecule has 0 aliphatic rings. The summed E-state index contributed by atoms with van der Waals surface area (Å²) >= 11 is 1.40. The second kappa shape index (κ2) is 7.07. The molecule has 2 rings (SSSR count). The number of aromatic nitrogens is 2. The monoisotopic (exact) mass is 310 g/mol. The molecular formula is C13H15FN4O2S. The first-order chi connectivity index (χ1) is 10.0. The lowest BCUT2D eigenvalue weighted by Crippen LogP contribution is -2.11. The first-order valence-electron chi connectivity index (χ1n) is 6.32. The summed E-state index contributed by atoms with van der Waals surface area (Å²) < 4.78 is 18.2. The van der Waals surface area contributed by atoms with Crippen LogP contribution in [0.2, 0.25) is 0 Å². The van der Waals surface area contributed by atoms with Crippen molar-refractivity contribution in [1.82, 2.24) is 10.2 Å². The van der Waals surface area contributed by atoms with Crippen molar-refractivity contribution in [3.05, 3.63) is 29.9 Å². The molecule has 0 fully saturated rings. The molecule has 8 heteroatoms. The molecule has 21 heavy (non-hydrogen) atoms. The van der Waals surface area contributed by atoms with E-state index in [1.54, 1.807) is 6.92 Å². The minimum Gasteiger partial charge on any atom is -0.416 e. The minimum atomic E-state index is -0.501. The maximum atomic E-state index is 13.0. The van der Waals surface area contributed by atoms with Crippen molar-refractivity contribution >= 4 is 29.0 Å². The Kier molecular flexibility index (Phi) is 5.15. The number of halogens is 1. The molecule has 1 amide bonds. The number of hydrogen-bond donors (Lipinski definition) is 2. The van der Waals surface area contributed by atoms with Crippen LogP contribution < -0.4 is 11.1 Å². The summed E-state index contributed by atoms with van der Waals surface area (Å²) in [5.41, 5.74) is 5.93. The van der Waals surface area contributed by atoms with Crippen LogP contribution in [0, 0.1) is 12.7 Å². The molecule has 2 aromatic rings. The second-order valence-corrected chi connectivity index (χ2v) is 5.37. The number of benzene rings is 1. The fraction of sp³-hybridized carbons (Fsp3) is 0.308. The van der Waals surface area contributed by atoms with Crippen molar-refractivity contribution in [2.45, 2.75) is 25.0 Å². The number of nitrogens with zero attached hydrogens (tertiary/aromatic N) is 2. The number of hydrogen-bond acceptors (Lipinski definition) is 6. The van der Waals surface area contributed by atoms with Gasteiger partial charge in [-0.25, -0.2) is 4.39 Å². The smallest absolute Gasteiger partial charge is 0.276 e. The first kappa shape index (κ1) is 15.3. The number of amides is 1. The van der Waals surface area contributed by atoms with Gasteiger partial charge in [0.25, 0.3) is 5.22 Å². The third-order valence-corrected chi connectivity index (χ3v) is 3.47. The van der Waals surface area contributed by atoms with Crippen molar-refractivity contribution in [3.63, 3.8) is 0 Å². The van der Waals surface area contributed by atoms with Gasteiger partial charge in [0, 0.05) is 24.8 Å². The summed E-state index contributed by atoms with van der Waals surface area (Å²) in [5, 5.41) is 10.7. The van der Waals surface area contributed by atoms with E-state index in [1.807, 2.05) is 0 Å². The molecule has 0 radical (unpaired) electrons.